The first-order valence-electron chi connectivity index (χ1n) is 7.35. The smallest absolute Gasteiger partial charge is 0.116 e. The van der Waals surface area contributed by atoms with Gasteiger partial charge in [0, 0.05) is 10.6 Å². The monoisotopic (exact) mass is 278 g/mol. The molecule has 3 rings (SSSR count). The average Bonchev–Trinajstić information content (AvgIpc) is 2.80. The fourth-order valence-corrected chi connectivity index (χ4v) is 4.33. The van der Waals surface area contributed by atoms with Crippen LogP contribution in [-0.2, 0) is 4.74 Å². The van der Waals surface area contributed by atoms with Crippen LogP contribution < -0.4 is 0 Å². The molecule has 2 fully saturated rings. The van der Waals surface area contributed by atoms with Crippen LogP contribution in [0, 0.1) is 0 Å². The summed E-state index contributed by atoms with van der Waals surface area (Å²) in [5.74, 6) is 1.35. The lowest BCUT2D eigenvalue weighted by atomic mass is 9.83. The molecule has 2 aliphatic rings. The molecular weight excluding hydrogens is 256 g/mol. The Morgan fingerprint density at radius 3 is 2.84 bits per heavy atom. The Hall–Kier alpha value is -0.670. The van der Waals surface area contributed by atoms with E-state index in [0.717, 1.165) is 10.6 Å². The van der Waals surface area contributed by atoms with Crippen LogP contribution in [0.15, 0.2) is 29.2 Å². The Labute approximate surface area is 119 Å². The van der Waals surface area contributed by atoms with Crippen molar-refractivity contribution in [2.45, 2.75) is 61.5 Å². The average molecular weight is 278 g/mol. The summed E-state index contributed by atoms with van der Waals surface area (Å²) in [6, 6.07) is 7.49. The molecule has 0 radical (unpaired) electrons. The molecule has 1 atom stereocenters. The highest BCUT2D eigenvalue weighted by Gasteiger charge is 2.40. The lowest BCUT2D eigenvalue weighted by molar-refractivity contribution is -0.0555. The zero-order valence-corrected chi connectivity index (χ0v) is 12.1. The third-order valence-corrected chi connectivity index (χ3v) is 5.48. The van der Waals surface area contributed by atoms with Gasteiger partial charge < -0.3 is 9.84 Å². The minimum atomic E-state index is 0.225. The van der Waals surface area contributed by atoms with E-state index in [2.05, 4.69) is 6.07 Å². The lowest BCUT2D eigenvalue weighted by Gasteiger charge is -2.33. The molecule has 0 aromatic heterocycles. The largest absolute Gasteiger partial charge is 0.508 e. The zero-order valence-electron chi connectivity index (χ0n) is 11.3. The number of ether oxygens (including phenoxy) is 1. The Bertz CT molecular complexity index is 427. The normalized spacial score (nSPS) is 25.8. The van der Waals surface area contributed by atoms with Gasteiger partial charge in [-0.25, -0.2) is 0 Å². The van der Waals surface area contributed by atoms with Gasteiger partial charge in [0.1, 0.15) is 5.75 Å². The van der Waals surface area contributed by atoms with Crippen molar-refractivity contribution in [2.24, 2.45) is 0 Å². The maximum atomic E-state index is 9.46. The summed E-state index contributed by atoms with van der Waals surface area (Å²) in [5, 5.41) is 9.46. The number of rotatable bonds is 3. The van der Waals surface area contributed by atoms with E-state index in [9.17, 15) is 5.11 Å². The van der Waals surface area contributed by atoms with E-state index in [0.29, 0.717) is 11.9 Å². The lowest BCUT2D eigenvalue weighted by Crippen LogP contribution is -2.32. The summed E-state index contributed by atoms with van der Waals surface area (Å²) in [4.78, 5) is 1.13. The highest BCUT2D eigenvalue weighted by molar-refractivity contribution is 7.99. The molecule has 2 nitrogen and oxygen atoms in total. The predicted molar refractivity (Wildman–Crippen MR) is 78.8 cm³/mol. The minimum Gasteiger partial charge on any atom is -0.508 e. The molecule has 1 saturated carbocycles. The third kappa shape index (κ3) is 3.26. The molecule has 1 aromatic carbocycles. The Balaban J connectivity index is 1.52. The predicted octanol–water partition coefficient (Wildman–Crippen LogP) is 4.37. The number of hydrogen-bond donors (Lipinski definition) is 1. The molecule has 1 aliphatic heterocycles. The van der Waals surface area contributed by atoms with Crippen molar-refractivity contribution in [3.63, 3.8) is 0 Å². The standard InChI is InChI=1S/C16H22O2S/c17-13-5-4-6-15(11-13)19-12-14-7-10-16(18-14)8-2-1-3-9-16/h4-6,11,14,17H,1-3,7-10,12H2. The molecule has 1 heterocycles. The van der Waals surface area contributed by atoms with Crippen molar-refractivity contribution in [1.82, 2.24) is 0 Å². The van der Waals surface area contributed by atoms with Gasteiger partial charge in [-0.15, -0.1) is 11.8 Å². The SMILES string of the molecule is Oc1cccc(SCC2CCC3(CCCCC3)O2)c1. The molecule has 1 N–H and O–H groups in total. The van der Waals surface area contributed by atoms with Crippen LogP contribution in [0.1, 0.15) is 44.9 Å². The van der Waals surface area contributed by atoms with Crippen molar-refractivity contribution < 1.29 is 9.84 Å². The van der Waals surface area contributed by atoms with Crippen molar-refractivity contribution in [3.05, 3.63) is 24.3 Å². The maximum Gasteiger partial charge on any atom is 0.116 e. The van der Waals surface area contributed by atoms with E-state index >= 15 is 0 Å². The van der Waals surface area contributed by atoms with Crippen molar-refractivity contribution in [1.29, 1.82) is 0 Å². The van der Waals surface area contributed by atoms with Crippen molar-refractivity contribution in [2.75, 3.05) is 5.75 Å². The zero-order chi connectivity index (χ0) is 13.1. The van der Waals surface area contributed by atoms with Gasteiger partial charge in [0.2, 0.25) is 0 Å². The second-order valence-electron chi connectivity index (χ2n) is 5.83. The van der Waals surface area contributed by atoms with Gasteiger partial charge >= 0.3 is 0 Å². The van der Waals surface area contributed by atoms with E-state index in [1.807, 2.05) is 12.1 Å². The molecule has 1 unspecified atom stereocenters. The summed E-state index contributed by atoms with van der Waals surface area (Å²) in [6.45, 7) is 0. The van der Waals surface area contributed by atoms with Crippen LogP contribution in [-0.4, -0.2) is 22.6 Å². The van der Waals surface area contributed by atoms with E-state index in [1.165, 1.54) is 44.9 Å². The maximum absolute atomic E-state index is 9.46. The highest BCUT2D eigenvalue weighted by atomic mass is 32.2. The minimum absolute atomic E-state index is 0.225. The van der Waals surface area contributed by atoms with Crippen molar-refractivity contribution >= 4 is 11.8 Å². The van der Waals surface area contributed by atoms with Crippen LogP contribution in [0.3, 0.4) is 0 Å². The van der Waals surface area contributed by atoms with Gasteiger partial charge in [-0.05, 0) is 43.9 Å². The molecule has 1 aliphatic carbocycles. The molecule has 1 spiro atoms. The topological polar surface area (TPSA) is 29.5 Å². The number of phenols is 1. The number of hydrogen-bond acceptors (Lipinski definition) is 3. The van der Waals surface area contributed by atoms with Gasteiger partial charge in [-0.2, -0.15) is 0 Å². The summed E-state index contributed by atoms with van der Waals surface area (Å²) >= 11 is 1.79. The fourth-order valence-electron chi connectivity index (χ4n) is 3.34. The molecule has 19 heavy (non-hydrogen) atoms. The van der Waals surface area contributed by atoms with E-state index in [1.54, 1.807) is 17.8 Å². The molecule has 1 aromatic rings. The summed E-state index contributed by atoms with van der Waals surface area (Å²) < 4.78 is 6.36. The number of thioether (sulfide) groups is 1. The number of phenolic OH excluding ortho intramolecular Hbond substituents is 1. The van der Waals surface area contributed by atoms with E-state index < -0.39 is 0 Å². The van der Waals surface area contributed by atoms with Gasteiger partial charge in [-0.1, -0.05) is 25.3 Å². The van der Waals surface area contributed by atoms with Crippen molar-refractivity contribution in [3.8, 4) is 5.75 Å². The van der Waals surface area contributed by atoms with Gasteiger partial charge in [0.15, 0.2) is 0 Å². The fraction of sp³-hybridized carbons (Fsp3) is 0.625. The number of benzene rings is 1. The molecule has 3 heteroatoms. The van der Waals surface area contributed by atoms with Crippen LogP contribution in [0.4, 0.5) is 0 Å². The summed E-state index contributed by atoms with van der Waals surface area (Å²) in [6.07, 6.45) is 9.43. The quantitative estimate of drug-likeness (QED) is 0.833. The molecule has 1 saturated heterocycles. The highest BCUT2D eigenvalue weighted by Crippen LogP contribution is 2.43. The van der Waals surface area contributed by atoms with Gasteiger partial charge in [0.25, 0.3) is 0 Å². The van der Waals surface area contributed by atoms with Gasteiger partial charge in [0.05, 0.1) is 11.7 Å². The van der Waals surface area contributed by atoms with Crippen LogP contribution in [0.5, 0.6) is 5.75 Å². The molecule has 0 bridgehead atoms. The first kappa shape index (κ1) is 13.3. The van der Waals surface area contributed by atoms with Gasteiger partial charge in [-0.3, -0.25) is 0 Å². The summed E-state index contributed by atoms with van der Waals surface area (Å²) in [7, 11) is 0. The van der Waals surface area contributed by atoms with Crippen LogP contribution in [0.2, 0.25) is 0 Å². The molecule has 104 valence electrons. The first-order valence-corrected chi connectivity index (χ1v) is 8.34. The Morgan fingerprint density at radius 1 is 1.21 bits per heavy atom. The molecular formula is C16H22O2S. The Morgan fingerprint density at radius 2 is 2.05 bits per heavy atom. The van der Waals surface area contributed by atoms with E-state index in [-0.39, 0.29) is 5.60 Å². The van der Waals surface area contributed by atoms with Crippen LogP contribution in [0.25, 0.3) is 0 Å². The van der Waals surface area contributed by atoms with E-state index in [4.69, 9.17) is 4.74 Å². The van der Waals surface area contributed by atoms with Crippen LogP contribution >= 0.6 is 11.8 Å². The second-order valence-corrected chi connectivity index (χ2v) is 6.92. The first-order chi connectivity index (χ1) is 9.26. The third-order valence-electron chi connectivity index (χ3n) is 4.36. The Kier molecular flexibility index (Phi) is 4.04. The number of aromatic hydroxyl groups is 1. The molecule has 0 amide bonds. The second kappa shape index (κ2) is 5.76. The summed E-state index contributed by atoms with van der Waals surface area (Å²) in [5.41, 5.74) is 0.225.